The number of aromatic nitrogens is 2. The van der Waals surface area contributed by atoms with Crippen LogP contribution in [0.2, 0.25) is 5.02 Å². The van der Waals surface area contributed by atoms with E-state index in [-0.39, 0.29) is 17.6 Å². The van der Waals surface area contributed by atoms with Crippen LogP contribution in [-0.4, -0.2) is 53.1 Å². The molecule has 8 rings (SSSR count). The molecule has 43 heavy (non-hydrogen) atoms. The lowest BCUT2D eigenvalue weighted by Gasteiger charge is -2.31. The third-order valence-corrected chi connectivity index (χ3v) is 10.9. The number of ether oxygens (including phenoxy) is 2. The summed E-state index contributed by atoms with van der Waals surface area (Å²) in [5.74, 6) is 0.337. The second-order valence-electron chi connectivity index (χ2n) is 12.2. The van der Waals surface area contributed by atoms with Gasteiger partial charge in [-0.1, -0.05) is 34.2 Å². The summed E-state index contributed by atoms with van der Waals surface area (Å²) in [5.41, 5.74) is 3.76. The van der Waals surface area contributed by atoms with E-state index in [9.17, 15) is 14.3 Å². The van der Waals surface area contributed by atoms with Gasteiger partial charge < -0.3 is 24.0 Å². The van der Waals surface area contributed by atoms with Gasteiger partial charge in [-0.2, -0.15) is 0 Å². The fourth-order valence-electron chi connectivity index (χ4n) is 7.19. The van der Waals surface area contributed by atoms with Gasteiger partial charge in [-0.25, -0.2) is 14.2 Å². The molecule has 2 aromatic heterocycles. The quantitative estimate of drug-likeness (QED) is 0.217. The minimum Gasteiger partial charge on any atom is -0.478 e. The molecule has 11 heteroatoms. The average molecular weight is 624 g/mol. The minimum atomic E-state index is -0.913. The number of aromatic carboxylic acids is 1. The smallest absolute Gasteiger partial charge is 0.335 e. The molecule has 4 aromatic rings. The Morgan fingerprint density at radius 1 is 1.16 bits per heavy atom. The Balaban J connectivity index is 1.01. The van der Waals surface area contributed by atoms with Crippen molar-refractivity contribution in [2.45, 2.75) is 69.1 Å². The SMILES string of the molecule is O=C(O)c1cc(C2CCOCC2)c2nc(N3C[C@@H]4C[C@H]3C[C@H]4OCc3c(-c4c(F)cccc4Cl)noc3C3CC3)sc2c1. The van der Waals surface area contributed by atoms with Crippen LogP contribution < -0.4 is 4.90 Å². The number of rotatable bonds is 8. The van der Waals surface area contributed by atoms with Crippen molar-refractivity contribution < 1.29 is 28.3 Å². The fourth-order valence-corrected chi connectivity index (χ4v) is 8.57. The summed E-state index contributed by atoms with van der Waals surface area (Å²) in [6.07, 6.45) is 5.75. The summed E-state index contributed by atoms with van der Waals surface area (Å²) in [4.78, 5) is 19.4. The van der Waals surface area contributed by atoms with Crippen molar-refractivity contribution >= 4 is 44.3 Å². The number of halogens is 2. The molecule has 0 amide bonds. The van der Waals surface area contributed by atoms with E-state index in [1.165, 1.54) is 6.07 Å². The lowest BCUT2D eigenvalue weighted by molar-refractivity contribution is 0.0122. The maximum Gasteiger partial charge on any atom is 0.335 e. The molecule has 4 heterocycles. The van der Waals surface area contributed by atoms with Crippen molar-refractivity contribution in [2.75, 3.05) is 24.7 Å². The van der Waals surface area contributed by atoms with Gasteiger partial charge in [-0.05, 0) is 74.3 Å². The maximum atomic E-state index is 14.8. The van der Waals surface area contributed by atoms with Gasteiger partial charge >= 0.3 is 5.97 Å². The molecular formula is C32H31ClFN3O5S. The molecule has 0 unspecified atom stereocenters. The highest BCUT2D eigenvalue weighted by Crippen LogP contribution is 2.48. The highest BCUT2D eigenvalue weighted by Gasteiger charge is 2.47. The lowest BCUT2D eigenvalue weighted by atomic mass is 9.90. The summed E-state index contributed by atoms with van der Waals surface area (Å²) in [7, 11) is 0. The molecule has 2 aromatic carbocycles. The first-order valence-corrected chi connectivity index (χ1v) is 16.2. The van der Waals surface area contributed by atoms with E-state index in [2.05, 4.69) is 10.1 Å². The van der Waals surface area contributed by atoms with E-state index in [0.717, 1.165) is 77.3 Å². The van der Waals surface area contributed by atoms with Crippen molar-refractivity contribution in [1.29, 1.82) is 0 Å². The van der Waals surface area contributed by atoms with Gasteiger partial charge in [0.15, 0.2) is 5.13 Å². The monoisotopic (exact) mass is 623 g/mol. The second kappa shape index (κ2) is 10.8. The molecule has 8 nitrogen and oxygen atoms in total. The molecule has 2 aliphatic heterocycles. The Morgan fingerprint density at radius 3 is 2.72 bits per heavy atom. The largest absolute Gasteiger partial charge is 0.478 e. The van der Waals surface area contributed by atoms with Crippen molar-refractivity contribution in [3.63, 3.8) is 0 Å². The van der Waals surface area contributed by atoms with Crippen molar-refractivity contribution in [3.8, 4) is 11.3 Å². The molecule has 2 aliphatic carbocycles. The Morgan fingerprint density at radius 2 is 2.00 bits per heavy atom. The number of anilines is 1. The number of thiazole rings is 1. The first kappa shape index (κ1) is 27.5. The number of carboxylic acids is 1. The Bertz CT molecular complexity index is 1690. The zero-order valence-electron chi connectivity index (χ0n) is 23.4. The van der Waals surface area contributed by atoms with Crippen LogP contribution in [0.1, 0.15) is 77.6 Å². The molecule has 2 bridgehead atoms. The molecule has 2 saturated heterocycles. The van der Waals surface area contributed by atoms with Crippen molar-refractivity contribution in [3.05, 3.63) is 63.6 Å². The van der Waals surface area contributed by atoms with E-state index in [4.69, 9.17) is 30.6 Å². The van der Waals surface area contributed by atoms with Crippen LogP contribution in [0, 0.1) is 11.7 Å². The number of carbonyl (C=O) groups is 1. The zero-order valence-corrected chi connectivity index (χ0v) is 25.0. The molecule has 224 valence electrons. The molecular weight excluding hydrogens is 593 g/mol. The standard InChI is InChI=1S/C32H31ClFN3O5S/c33-23-2-1-3-24(34)27(23)29-22(30(42-36-29)17-4-5-17)15-41-25-13-20-10-19(25)14-37(20)32-35-28-21(16-6-8-40-9-7-16)11-18(31(38)39)12-26(28)43-32/h1-3,11-12,16-17,19-20,25H,4-10,13-15H2,(H,38,39)/t19-,20-,25+/m0/s1. The summed E-state index contributed by atoms with van der Waals surface area (Å²) < 4.78 is 33.6. The van der Waals surface area contributed by atoms with Crippen LogP contribution in [0.4, 0.5) is 9.52 Å². The molecule has 1 N–H and O–H groups in total. The van der Waals surface area contributed by atoms with Crippen LogP contribution in [0.5, 0.6) is 0 Å². The summed E-state index contributed by atoms with van der Waals surface area (Å²) >= 11 is 7.97. The Hall–Kier alpha value is -3.05. The normalized spacial score (nSPS) is 24.0. The van der Waals surface area contributed by atoms with E-state index in [1.54, 1.807) is 29.5 Å². The molecule has 4 aliphatic rings. The molecule has 0 spiro atoms. The minimum absolute atomic E-state index is 0.0675. The number of piperidine rings is 1. The van der Waals surface area contributed by atoms with Crippen LogP contribution in [0.25, 0.3) is 21.5 Å². The molecule has 3 atom stereocenters. The third-order valence-electron chi connectivity index (χ3n) is 9.55. The zero-order chi connectivity index (χ0) is 29.2. The number of benzene rings is 2. The third kappa shape index (κ3) is 4.92. The first-order chi connectivity index (χ1) is 20.9. The van der Waals surface area contributed by atoms with Crippen LogP contribution >= 0.6 is 22.9 Å². The molecule has 2 saturated carbocycles. The maximum absolute atomic E-state index is 14.8. The summed E-state index contributed by atoms with van der Waals surface area (Å²) in [6.45, 7) is 2.50. The van der Waals surface area contributed by atoms with Gasteiger partial charge in [0.25, 0.3) is 0 Å². The van der Waals surface area contributed by atoms with E-state index in [0.29, 0.717) is 54.0 Å². The van der Waals surface area contributed by atoms with Crippen LogP contribution in [0.3, 0.4) is 0 Å². The lowest BCUT2D eigenvalue weighted by Crippen LogP contribution is -2.38. The van der Waals surface area contributed by atoms with Gasteiger partial charge in [0.05, 0.1) is 39.1 Å². The molecule has 0 radical (unpaired) electrons. The van der Waals surface area contributed by atoms with E-state index in [1.807, 2.05) is 6.07 Å². The summed E-state index contributed by atoms with van der Waals surface area (Å²) in [5, 5.41) is 15.3. The van der Waals surface area contributed by atoms with Gasteiger partial charge in [0, 0.05) is 43.2 Å². The Labute approximate surface area is 256 Å². The van der Waals surface area contributed by atoms with Gasteiger partial charge in [-0.15, -0.1) is 0 Å². The average Bonchev–Trinajstić information content (AvgIpc) is 3.32. The number of fused-ring (bicyclic) bond motifs is 3. The number of hydrogen-bond acceptors (Lipinski definition) is 8. The fraction of sp³-hybridized carbons (Fsp3) is 0.469. The summed E-state index contributed by atoms with van der Waals surface area (Å²) in [6, 6.07) is 8.51. The van der Waals surface area contributed by atoms with E-state index >= 15 is 0 Å². The predicted octanol–water partition coefficient (Wildman–Crippen LogP) is 7.40. The van der Waals surface area contributed by atoms with Gasteiger partial charge in [0.1, 0.15) is 17.3 Å². The first-order valence-electron chi connectivity index (χ1n) is 15.0. The predicted molar refractivity (Wildman–Crippen MR) is 161 cm³/mol. The van der Waals surface area contributed by atoms with Gasteiger partial charge in [0.2, 0.25) is 0 Å². The van der Waals surface area contributed by atoms with Crippen LogP contribution in [0.15, 0.2) is 34.9 Å². The molecule has 4 fully saturated rings. The van der Waals surface area contributed by atoms with Crippen molar-refractivity contribution in [1.82, 2.24) is 10.1 Å². The van der Waals surface area contributed by atoms with Gasteiger partial charge in [-0.3, -0.25) is 0 Å². The Kier molecular flexibility index (Phi) is 6.93. The highest BCUT2D eigenvalue weighted by molar-refractivity contribution is 7.22. The van der Waals surface area contributed by atoms with Crippen molar-refractivity contribution in [2.24, 2.45) is 5.92 Å². The number of nitrogens with zero attached hydrogens (tertiary/aromatic N) is 3. The topological polar surface area (TPSA) is 97.9 Å². The highest BCUT2D eigenvalue weighted by atomic mass is 35.5. The second-order valence-corrected chi connectivity index (χ2v) is 13.6. The number of carboxylic acid groups (broad SMARTS) is 1. The van der Waals surface area contributed by atoms with E-state index < -0.39 is 11.8 Å². The number of hydrogen-bond donors (Lipinski definition) is 1. The van der Waals surface area contributed by atoms with Crippen LogP contribution in [-0.2, 0) is 16.1 Å².